The van der Waals surface area contributed by atoms with Crippen LogP contribution in [0.4, 0.5) is 5.69 Å². The van der Waals surface area contributed by atoms with E-state index >= 15 is 0 Å². The van der Waals surface area contributed by atoms with E-state index in [4.69, 9.17) is 16.6 Å². The lowest BCUT2D eigenvalue weighted by Crippen LogP contribution is -2.43. The molecule has 7 heteroatoms. The Hall–Kier alpha value is -2.73. The fourth-order valence-corrected chi connectivity index (χ4v) is 3.28. The number of aromatic nitrogens is 1. The van der Waals surface area contributed by atoms with Gasteiger partial charge in [-0.2, -0.15) is 0 Å². The van der Waals surface area contributed by atoms with E-state index in [1.54, 1.807) is 30.6 Å². The molecule has 1 N–H and O–H groups in total. The summed E-state index contributed by atoms with van der Waals surface area (Å²) in [7, 11) is 0. The number of carboxylic acids is 1. The summed E-state index contributed by atoms with van der Waals surface area (Å²) in [5.41, 5.74) is 2.54. The lowest BCUT2D eigenvalue weighted by atomic mass is 9.98. The topological polar surface area (TPSA) is 82.9 Å². The SMILES string of the molecule is CC[C@H](C)[C@@H]1N=C(c2ccncc2)c2cc(Cl)ccc2N(CC(=O)O)C1=O. The molecule has 0 radical (unpaired) electrons. The monoisotopic (exact) mass is 385 g/mol. The first kappa shape index (κ1) is 19.0. The first-order valence-electron chi connectivity index (χ1n) is 8.73. The van der Waals surface area contributed by atoms with Crippen molar-refractivity contribution in [1.29, 1.82) is 0 Å². The van der Waals surface area contributed by atoms with Crippen molar-refractivity contribution in [3.05, 3.63) is 58.9 Å². The second-order valence-electron chi connectivity index (χ2n) is 6.52. The van der Waals surface area contributed by atoms with Crippen LogP contribution in [0.15, 0.2) is 47.7 Å². The van der Waals surface area contributed by atoms with Crippen molar-refractivity contribution in [2.45, 2.75) is 26.3 Å². The van der Waals surface area contributed by atoms with Gasteiger partial charge >= 0.3 is 5.97 Å². The highest BCUT2D eigenvalue weighted by atomic mass is 35.5. The minimum atomic E-state index is -1.08. The van der Waals surface area contributed by atoms with E-state index in [2.05, 4.69) is 4.98 Å². The maximum atomic E-state index is 13.2. The van der Waals surface area contributed by atoms with Crippen LogP contribution in [-0.4, -0.2) is 40.3 Å². The summed E-state index contributed by atoms with van der Waals surface area (Å²) in [6, 6.07) is 7.99. The number of carbonyl (C=O) groups is 2. The summed E-state index contributed by atoms with van der Waals surface area (Å²) in [5, 5.41) is 9.84. The molecule has 0 bridgehead atoms. The summed E-state index contributed by atoms with van der Waals surface area (Å²) >= 11 is 6.21. The van der Waals surface area contributed by atoms with Crippen molar-refractivity contribution in [1.82, 2.24) is 4.98 Å². The molecule has 2 aromatic rings. The third-order valence-electron chi connectivity index (χ3n) is 4.72. The lowest BCUT2D eigenvalue weighted by molar-refractivity contribution is -0.136. The van der Waals surface area contributed by atoms with Crippen LogP contribution in [0.25, 0.3) is 0 Å². The number of pyridine rings is 1. The van der Waals surface area contributed by atoms with Crippen molar-refractivity contribution in [3.8, 4) is 0 Å². The molecule has 1 aliphatic heterocycles. The van der Waals surface area contributed by atoms with Crippen LogP contribution in [0.1, 0.15) is 31.4 Å². The Morgan fingerprint density at radius 1 is 1.30 bits per heavy atom. The van der Waals surface area contributed by atoms with Gasteiger partial charge in [0, 0.05) is 28.5 Å². The van der Waals surface area contributed by atoms with Gasteiger partial charge in [0.05, 0.1) is 11.4 Å². The van der Waals surface area contributed by atoms with Crippen LogP contribution in [0.3, 0.4) is 0 Å². The van der Waals surface area contributed by atoms with E-state index in [9.17, 15) is 14.7 Å². The number of rotatable bonds is 5. The second kappa shape index (κ2) is 7.88. The number of anilines is 1. The minimum Gasteiger partial charge on any atom is -0.480 e. The Morgan fingerprint density at radius 3 is 2.63 bits per heavy atom. The smallest absolute Gasteiger partial charge is 0.323 e. The molecule has 27 heavy (non-hydrogen) atoms. The largest absolute Gasteiger partial charge is 0.480 e. The minimum absolute atomic E-state index is 0.0459. The number of benzodiazepines with no additional fused rings is 1. The molecule has 1 aromatic carbocycles. The van der Waals surface area contributed by atoms with E-state index in [0.717, 1.165) is 12.0 Å². The van der Waals surface area contributed by atoms with Gasteiger partial charge < -0.3 is 5.11 Å². The van der Waals surface area contributed by atoms with Gasteiger partial charge in [-0.05, 0) is 36.2 Å². The highest BCUT2D eigenvalue weighted by Crippen LogP contribution is 2.32. The predicted molar refractivity (Wildman–Crippen MR) is 105 cm³/mol. The number of halogens is 1. The summed E-state index contributed by atoms with van der Waals surface area (Å²) in [5.74, 6) is -1.45. The zero-order chi connectivity index (χ0) is 19.6. The summed E-state index contributed by atoms with van der Waals surface area (Å²) in [6.07, 6.45) is 4.05. The van der Waals surface area contributed by atoms with E-state index in [1.807, 2.05) is 26.0 Å². The molecule has 1 aromatic heterocycles. The van der Waals surface area contributed by atoms with Gasteiger partial charge in [0.1, 0.15) is 12.6 Å². The molecule has 1 aliphatic rings. The fourth-order valence-electron chi connectivity index (χ4n) is 3.11. The van der Waals surface area contributed by atoms with Gasteiger partial charge in [-0.1, -0.05) is 31.9 Å². The molecular formula is C20H20ClN3O3. The Labute approximate surface area is 162 Å². The lowest BCUT2D eigenvalue weighted by Gasteiger charge is -2.25. The highest BCUT2D eigenvalue weighted by Gasteiger charge is 2.35. The summed E-state index contributed by atoms with van der Waals surface area (Å²) in [6.45, 7) is 3.49. The Morgan fingerprint density at radius 2 is 2.00 bits per heavy atom. The number of fused-ring (bicyclic) bond motifs is 1. The zero-order valence-corrected chi connectivity index (χ0v) is 15.8. The Kier molecular flexibility index (Phi) is 5.56. The van der Waals surface area contributed by atoms with Crippen molar-refractivity contribution in [2.24, 2.45) is 10.9 Å². The van der Waals surface area contributed by atoms with E-state index < -0.39 is 18.6 Å². The van der Waals surface area contributed by atoms with Crippen LogP contribution in [0.2, 0.25) is 5.02 Å². The summed E-state index contributed by atoms with van der Waals surface area (Å²) < 4.78 is 0. The number of amides is 1. The average molecular weight is 386 g/mol. The van der Waals surface area contributed by atoms with Gasteiger partial charge in [0.15, 0.2) is 0 Å². The van der Waals surface area contributed by atoms with Gasteiger partial charge in [-0.25, -0.2) is 0 Å². The normalized spacial score (nSPS) is 17.7. The fraction of sp³-hybridized carbons (Fsp3) is 0.300. The molecule has 0 aliphatic carbocycles. The van der Waals surface area contributed by atoms with E-state index in [0.29, 0.717) is 22.0 Å². The first-order chi connectivity index (χ1) is 12.9. The van der Waals surface area contributed by atoms with Crippen molar-refractivity contribution < 1.29 is 14.7 Å². The average Bonchev–Trinajstić information content (AvgIpc) is 2.77. The van der Waals surface area contributed by atoms with Crippen LogP contribution in [0.5, 0.6) is 0 Å². The molecule has 140 valence electrons. The molecule has 2 atom stereocenters. The number of benzene rings is 1. The highest BCUT2D eigenvalue weighted by molar-refractivity contribution is 6.32. The van der Waals surface area contributed by atoms with Gasteiger partial charge in [-0.15, -0.1) is 0 Å². The molecule has 0 saturated carbocycles. The van der Waals surface area contributed by atoms with Crippen LogP contribution in [0, 0.1) is 5.92 Å². The number of hydrogen-bond donors (Lipinski definition) is 1. The molecule has 6 nitrogen and oxygen atoms in total. The molecule has 0 saturated heterocycles. The molecule has 1 amide bonds. The van der Waals surface area contributed by atoms with Gasteiger partial charge in [0.25, 0.3) is 5.91 Å². The van der Waals surface area contributed by atoms with Crippen molar-refractivity contribution in [3.63, 3.8) is 0 Å². The number of carbonyl (C=O) groups excluding carboxylic acids is 1. The van der Waals surface area contributed by atoms with Crippen LogP contribution < -0.4 is 4.90 Å². The standard InChI is InChI=1S/C20H20ClN3O3/c1-3-12(2)18-20(27)24(11-17(25)26)16-5-4-14(21)10-15(16)19(23-18)13-6-8-22-9-7-13/h4-10,12,18H,3,11H2,1-2H3,(H,25,26)/t12-,18-/m0/s1. The van der Waals surface area contributed by atoms with Crippen LogP contribution in [-0.2, 0) is 9.59 Å². The van der Waals surface area contributed by atoms with Crippen molar-refractivity contribution in [2.75, 3.05) is 11.4 Å². The molecule has 0 spiro atoms. The number of hydrogen-bond acceptors (Lipinski definition) is 4. The number of aliphatic carboxylic acids is 1. The van der Waals surface area contributed by atoms with E-state index in [1.165, 1.54) is 4.90 Å². The molecule has 0 unspecified atom stereocenters. The quantitative estimate of drug-likeness (QED) is 0.854. The van der Waals surface area contributed by atoms with E-state index in [-0.39, 0.29) is 11.8 Å². The maximum Gasteiger partial charge on any atom is 0.323 e. The third-order valence-corrected chi connectivity index (χ3v) is 4.96. The number of nitrogens with zero attached hydrogens (tertiary/aromatic N) is 3. The Balaban J connectivity index is 2.27. The zero-order valence-electron chi connectivity index (χ0n) is 15.1. The second-order valence-corrected chi connectivity index (χ2v) is 6.96. The molecular weight excluding hydrogens is 366 g/mol. The molecule has 2 heterocycles. The molecule has 3 rings (SSSR count). The first-order valence-corrected chi connectivity index (χ1v) is 9.11. The van der Waals surface area contributed by atoms with Gasteiger partial charge in [0.2, 0.25) is 0 Å². The summed E-state index contributed by atoms with van der Waals surface area (Å²) in [4.78, 5) is 34.8. The molecule has 0 fully saturated rings. The van der Waals surface area contributed by atoms with Gasteiger partial charge in [-0.3, -0.25) is 24.5 Å². The third kappa shape index (κ3) is 3.85. The van der Waals surface area contributed by atoms with Crippen LogP contribution >= 0.6 is 11.6 Å². The van der Waals surface area contributed by atoms with Crippen molar-refractivity contribution >= 4 is 34.9 Å². The predicted octanol–water partition coefficient (Wildman–Crippen LogP) is 3.42. The Bertz CT molecular complexity index is 899. The maximum absolute atomic E-state index is 13.2. The number of carboxylic acid groups (broad SMARTS) is 1. The number of aliphatic imine (C=N–C) groups is 1.